The molecule has 0 aliphatic heterocycles. The first-order valence-electron chi connectivity index (χ1n) is 7.27. The van der Waals surface area contributed by atoms with Gasteiger partial charge in [0.05, 0.1) is 25.5 Å². The van der Waals surface area contributed by atoms with Crippen LogP contribution in [-0.2, 0) is 17.8 Å². The van der Waals surface area contributed by atoms with Crippen LogP contribution < -0.4 is 5.32 Å². The van der Waals surface area contributed by atoms with Gasteiger partial charge in [-0.15, -0.1) is 5.10 Å². The number of nitrogens with one attached hydrogen (secondary N) is 1. The van der Waals surface area contributed by atoms with Crippen molar-refractivity contribution in [2.75, 3.05) is 19.8 Å². The van der Waals surface area contributed by atoms with E-state index in [1.54, 1.807) is 0 Å². The first-order chi connectivity index (χ1) is 10.4. The van der Waals surface area contributed by atoms with Crippen molar-refractivity contribution in [1.82, 2.24) is 20.3 Å². The zero-order valence-electron chi connectivity index (χ0n) is 12.4. The summed E-state index contributed by atoms with van der Waals surface area (Å²) in [7, 11) is 0. The zero-order valence-corrected chi connectivity index (χ0v) is 12.4. The molecule has 0 unspecified atom stereocenters. The molecule has 5 nitrogen and oxygen atoms in total. The van der Waals surface area contributed by atoms with Gasteiger partial charge in [-0.2, -0.15) is 0 Å². The van der Waals surface area contributed by atoms with Crippen LogP contribution in [0, 0.1) is 0 Å². The van der Waals surface area contributed by atoms with Crippen molar-refractivity contribution in [3.63, 3.8) is 0 Å². The van der Waals surface area contributed by atoms with E-state index in [1.807, 2.05) is 35.2 Å². The Kier molecular flexibility index (Phi) is 6.64. The minimum atomic E-state index is 0.605. The summed E-state index contributed by atoms with van der Waals surface area (Å²) in [6.45, 7) is 5.72. The molecule has 0 aliphatic carbocycles. The molecule has 0 spiro atoms. The number of ether oxygens (including phenoxy) is 1. The Balaban J connectivity index is 1.61. The maximum absolute atomic E-state index is 5.56. The molecule has 21 heavy (non-hydrogen) atoms. The summed E-state index contributed by atoms with van der Waals surface area (Å²) in [6.07, 6.45) is 6.03. The van der Waals surface area contributed by atoms with E-state index in [4.69, 9.17) is 4.74 Å². The van der Waals surface area contributed by atoms with E-state index in [2.05, 4.69) is 40.8 Å². The predicted molar refractivity (Wildman–Crippen MR) is 83.7 cm³/mol. The highest BCUT2D eigenvalue weighted by molar-refractivity contribution is 5.48. The summed E-state index contributed by atoms with van der Waals surface area (Å²) in [4.78, 5) is 0. The van der Waals surface area contributed by atoms with Gasteiger partial charge in [0, 0.05) is 12.7 Å². The Morgan fingerprint density at radius 2 is 2.14 bits per heavy atom. The lowest BCUT2D eigenvalue weighted by Gasteiger charge is -2.01. The lowest BCUT2D eigenvalue weighted by molar-refractivity contribution is 0.150. The van der Waals surface area contributed by atoms with E-state index in [1.165, 1.54) is 5.56 Å². The van der Waals surface area contributed by atoms with E-state index < -0.39 is 0 Å². The molecule has 0 saturated heterocycles. The minimum Gasteiger partial charge on any atom is -0.375 e. The van der Waals surface area contributed by atoms with Crippen LogP contribution >= 0.6 is 0 Å². The number of nitrogens with zero attached hydrogens (tertiary/aromatic N) is 3. The van der Waals surface area contributed by atoms with Crippen LogP contribution in [0.4, 0.5) is 0 Å². The summed E-state index contributed by atoms with van der Waals surface area (Å²) < 4.78 is 7.37. The average Bonchev–Trinajstić information content (AvgIpc) is 2.97. The predicted octanol–water partition coefficient (Wildman–Crippen LogP) is 2.12. The lowest BCUT2D eigenvalue weighted by Crippen LogP contribution is -2.11. The van der Waals surface area contributed by atoms with Gasteiger partial charge in [-0.1, -0.05) is 54.6 Å². The molecule has 1 aromatic carbocycles. The number of hydrogen-bond acceptors (Lipinski definition) is 4. The van der Waals surface area contributed by atoms with Gasteiger partial charge in [-0.25, -0.2) is 4.68 Å². The zero-order chi connectivity index (χ0) is 14.8. The fourth-order valence-corrected chi connectivity index (χ4v) is 1.84. The highest BCUT2D eigenvalue weighted by Gasteiger charge is 1.99. The third kappa shape index (κ3) is 5.89. The third-order valence-electron chi connectivity index (χ3n) is 2.93. The molecular formula is C16H22N4O. The standard InChI is InChI=1S/C16H22N4O/c1-2-17-13-16-14-20(19-18-16)10-12-21-11-6-9-15-7-4-3-5-8-15/h3-9,14,17H,2,10-13H2,1H3. The van der Waals surface area contributed by atoms with Gasteiger partial charge in [-0.3, -0.25) is 0 Å². The Labute approximate surface area is 125 Å². The van der Waals surface area contributed by atoms with Gasteiger partial charge in [0.1, 0.15) is 0 Å². The van der Waals surface area contributed by atoms with Crippen molar-refractivity contribution in [3.8, 4) is 0 Å². The maximum Gasteiger partial charge on any atom is 0.0964 e. The summed E-state index contributed by atoms with van der Waals surface area (Å²) in [6, 6.07) is 10.2. The minimum absolute atomic E-state index is 0.605. The van der Waals surface area contributed by atoms with Crippen LogP contribution in [0.2, 0.25) is 0 Å². The highest BCUT2D eigenvalue weighted by atomic mass is 16.5. The molecule has 1 heterocycles. The Morgan fingerprint density at radius 3 is 2.95 bits per heavy atom. The summed E-state index contributed by atoms with van der Waals surface area (Å²) >= 11 is 0. The fraction of sp³-hybridized carbons (Fsp3) is 0.375. The fourth-order valence-electron chi connectivity index (χ4n) is 1.84. The molecule has 0 saturated carbocycles. The Hall–Kier alpha value is -1.98. The highest BCUT2D eigenvalue weighted by Crippen LogP contribution is 2.00. The van der Waals surface area contributed by atoms with Crippen LogP contribution in [0.3, 0.4) is 0 Å². The molecule has 0 fully saturated rings. The van der Waals surface area contributed by atoms with Crippen molar-refractivity contribution in [1.29, 1.82) is 0 Å². The second-order valence-corrected chi connectivity index (χ2v) is 4.64. The number of rotatable bonds is 9. The largest absolute Gasteiger partial charge is 0.375 e. The SMILES string of the molecule is CCNCc1cn(CCOCC=Cc2ccccc2)nn1. The second kappa shape index (κ2) is 9.05. The second-order valence-electron chi connectivity index (χ2n) is 4.64. The quantitative estimate of drug-likeness (QED) is 0.717. The topological polar surface area (TPSA) is 52.0 Å². The molecule has 112 valence electrons. The van der Waals surface area contributed by atoms with Crippen LogP contribution in [0.15, 0.2) is 42.6 Å². The van der Waals surface area contributed by atoms with Crippen LogP contribution in [0.1, 0.15) is 18.2 Å². The van der Waals surface area contributed by atoms with Crippen molar-refractivity contribution in [2.45, 2.75) is 20.0 Å². The molecule has 0 atom stereocenters. The van der Waals surface area contributed by atoms with Crippen molar-refractivity contribution in [2.24, 2.45) is 0 Å². The first-order valence-corrected chi connectivity index (χ1v) is 7.27. The molecule has 2 rings (SSSR count). The van der Waals surface area contributed by atoms with E-state index in [-0.39, 0.29) is 0 Å². The summed E-state index contributed by atoms with van der Waals surface area (Å²) in [5, 5.41) is 11.4. The number of benzene rings is 1. The molecule has 1 aromatic heterocycles. The number of aromatic nitrogens is 3. The van der Waals surface area contributed by atoms with E-state index in [0.29, 0.717) is 13.2 Å². The summed E-state index contributed by atoms with van der Waals surface area (Å²) in [5.74, 6) is 0. The van der Waals surface area contributed by atoms with Gasteiger partial charge < -0.3 is 10.1 Å². The van der Waals surface area contributed by atoms with Gasteiger partial charge in [0.15, 0.2) is 0 Å². The van der Waals surface area contributed by atoms with Crippen molar-refractivity contribution < 1.29 is 4.74 Å². The Morgan fingerprint density at radius 1 is 1.29 bits per heavy atom. The molecule has 1 N–H and O–H groups in total. The molecule has 0 radical (unpaired) electrons. The van der Waals surface area contributed by atoms with Gasteiger partial charge in [-0.05, 0) is 12.1 Å². The average molecular weight is 286 g/mol. The summed E-state index contributed by atoms with van der Waals surface area (Å²) in [5.41, 5.74) is 2.14. The lowest BCUT2D eigenvalue weighted by atomic mass is 10.2. The van der Waals surface area contributed by atoms with Gasteiger partial charge in [0.2, 0.25) is 0 Å². The Bertz CT molecular complexity index is 536. The van der Waals surface area contributed by atoms with Crippen LogP contribution in [0.5, 0.6) is 0 Å². The molecule has 0 amide bonds. The van der Waals surface area contributed by atoms with Crippen LogP contribution in [-0.4, -0.2) is 34.8 Å². The number of hydrogen-bond donors (Lipinski definition) is 1. The smallest absolute Gasteiger partial charge is 0.0964 e. The molecule has 0 aliphatic rings. The van der Waals surface area contributed by atoms with Crippen LogP contribution in [0.25, 0.3) is 6.08 Å². The molecule has 0 bridgehead atoms. The van der Waals surface area contributed by atoms with E-state index >= 15 is 0 Å². The normalized spacial score (nSPS) is 11.3. The molecule has 2 aromatic rings. The maximum atomic E-state index is 5.56. The van der Waals surface area contributed by atoms with Gasteiger partial charge in [0.25, 0.3) is 0 Å². The first kappa shape index (κ1) is 15.4. The van der Waals surface area contributed by atoms with E-state index in [9.17, 15) is 0 Å². The van der Waals surface area contributed by atoms with Gasteiger partial charge >= 0.3 is 0 Å². The van der Waals surface area contributed by atoms with Crippen molar-refractivity contribution in [3.05, 3.63) is 53.9 Å². The molecular weight excluding hydrogens is 264 g/mol. The van der Waals surface area contributed by atoms with Crippen molar-refractivity contribution >= 4 is 6.08 Å². The molecule has 5 heteroatoms. The van der Waals surface area contributed by atoms with E-state index in [0.717, 1.165) is 25.3 Å². The monoisotopic (exact) mass is 286 g/mol. The third-order valence-corrected chi connectivity index (χ3v) is 2.93.